The molecule has 4 nitrogen and oxygen atoms in total. The van der Waals surface area contributed by atoms with Crippen LogP contribution in [0.1, 0.15) is 28.0 Å². The number of rotatable bonds is 2. The number of nitrogen functional groups attached to an aromatic ring is 1. The summed E-state index contributed by atoms with van der Waals surface area (Å²) >= 11 is 0. The summed E-state index contributed by atoms with van der Waals surface area (Å²) in [6, 6.07) is 13.2. The van der Waals surface area contributed by atoms with Gasteiger partial charge in [0, 0.05) is 29.5 Å². The molecule has 1 amide bonds. The van der Waals surface area contributed by atoms with Crippen molar-refractivity contribution in [3.05, 3.63) is 59.3 Å². The zero-order valence-corrected chi connectivity index (χ0v) is 13.1. The van der Waals surface area contributed by atoms with Crippen molar-refractivity contribution in [3.8, 4) is 0 Å². The van der Waals surface area contributed by atoms with E-state index in [0.29, 0.717) is 16.9 Å². The molecule has 0 saturated carbocycles. The highest BCUT2D eigenvalue weighted by Crippen LogP contribution is 2.34. The number of nitrogens with two attached hydrogens (primary N) is 1. The molecule has 0 bridgehead atoms. The molecule has 3 aromatic rings. The third-order valence-electron chi connectivity index (χ3n) is 4.68. The minimum Gasteiger partial charge on any atom is -0.399 e. The van der Waals surface area contributed by atoms with Crippen LogP contribution in [0.5, 0.6) is 0 Å². The summed E-state index contributed by atoms with van der Waals surface area (Å²) in [5.74, 6) is -0.0968. The number of amides is 1. The highest BCUT2D eigenvalue weighted by Gasteiger charge is 2.23. The predicted octanol–water partition coefficient (Wildman–Crippen LogP) is 3.50. The number of nitrogens with one attached hydrogen (secondary N) is 1. The smallest absolute Gasteiger partial charge is 0.257 e. The van der Waals surface area contributed by atoms with Gasteiger partial charge in [-0.2, -0.15) is 0 Å². The van der Waals surface area contributed by atoms with Crippen molar-refractivity contribution in [2.24, 2.45) is 7.05 Å². The molecule has 4 rings (SSSR count). The first-order valence-corrected chi connectivity index (χ1v) is 7.91. The molecule has 0 atom stereocenters. The molecule has 0 saturated heterocycles. The van der Waals surface area contributed by atoms with Crippen LogP contribution in [0, 0.1) is 0 Å². The summed E-state index contributed by atoms with van der Waals surface area (Å²) in [4.78, 5) is 12.8. The van der Waals surface area contributed by atoms with Gasteiger partial charge in [0.15, 0.2) is 0 Å². The first kappa shape index (κ1) is 13.9. The third kappa shape index (κ3) is 2.18. The maximum absolute atomic E-state index is 12.8. The Morgan fingerprint density at radius 1 is 1.17 bits per heavy atom. The van der Waals surface area contributed by atoms with E-state index in [1.54, 1.807) is 12.1 Å². The van der Waals surface area contributed by atoms with Gasteiger partial charge in [0.05, 0.1) is 11.1 Å². The van der Waals surface area contributed by atoms with Crippen molar-refractivity contribution >= 4 is 28.2 Å². The number of aromatic nitrogens is 1. The fourth-order valence-corrected chi connectivity index (χ4v) is 3.67. The van der Waals surface area contributed by atoms with Crippen LogP contribution < -0.4 is 11.1 Å². The highest BCUT2D eigenvalue weighted by molar-refractivity contribution is 6.13. The number of carbonyl (C=O) groups excluding carboxylic acids is 1. The minimum atomic E-state index is -0.0968. The van der Waals surface area contributed by atoms with Gasteiger partial charge < -0.3 is 15.6 Å². The van der Waals surface area contributed by atoms with Gasteiger partial charge in [-0.15, -0.1) is 0 Å². The zero-order chi connectivity index (χ0) is 16.0. The van der Waals surface area contributed by atoms with Gasteiger partial charge in [0.25, 0.3) is 5.91 Å². The Hall–Kier alpha value is -2.75. The summed E-state index contributed by atoms with van der Waals surface area (Å²) in [6.45, 7) is 0. The maximum Gasteiger partial charge on any atom is 0.257 e. The normalized spacial score (nSPS) is 13.3. The van der Waals surface area contributed by atoms with E-state index < -0.39 is 0 Å². The molecule has 23 heavy (non-hydrogen) atoms. The number of carbonyl (C=O) groups is 1. The summed E-state index contributed by atoms with van der Waals surface area (Å²) in [5, 5.41) is 4.16. The molecule has 116 valence electrons. The third-order valence-corrected chi connectivity index (χ3v) is 4.68. The molecule has 0 aliphatic heterocycles. The highest BCUT2D eigenvalue weighted by atomic mass is 16.1. The van der Waals surface area contributed by atoms with Gasteiger partial charge in [0.2, 0.25) is 0 Å². The average molecular weight is 305 g/mol. The number of fused-ring (bicyclic) bond motifs is 3. The Morgan fingerprint density at radius 2 is 2.00 bits per heavy atom. The van der Waals surface area contributed by atoms with Gasteiger partial charge >= 0.3 is 0 Å². The Kier molecular flexibility index (Phi) is 3.11. The number of para-hydroxylation sites is 1. The lowest BCUT2D eigenvalue weighted by molar-refractivity contribution is 0.102. The van der Waals surface area contributed by atoms with E-state index >= 15 is 0 Å². The average Bonchev–Trinajstić information content (AvgIpc) is 3.11. The van der Waals surface area contributed by atoms with E-state index in [1.807, 2.05) is 24.3 Å². The second-order valence-electron chi connectivity index (χ2n) is 6.12. The molecule has 3 N–H and O–H groups in total. The van der Waals surface area contributed by atoms with Gasteiger partial charge in [-0.05, 0) is 49.1 Å². The quantitative estimate of drug-likeness (QED) is 0.712. The summed E-state index contributed by atoms with van der Waals surface area (Å²) in [5.41, 5.74) is 11.6. The molecular formula is C19H19N3O. The topological polar surface area (TPSA) is 60.0 Å². The van der Waals surface area contributed by atoms with Gasteiger partial charge in [-0.1, -0.05) is 18.2 Å². The van der Waals surface area contributed by atoms with E-state index in [-0.39, 0.29) is 5.91 Å². The molecule has 1 aliphatic carbocycles. The molecule has 1 aliphatic rings. The molecular weight excluding hydrogens is 286 g/mol. The monoisotopic (exact) mass is 305 g/mol. The van der Waals surface area contributed by atoms with Crippen LogP contribution >= 0.6 is 0 Å². The second kappa shape index (κ2) is 5.16. The van der Waals surface area contributed by atoms with E-state index in [2.05, 4.69) is 23.0 Å². The largest absolute Gasteiger partial charge is 0.399 e. The van der Waals surface area contributed by atoms with Crippen LogP contribution in [-0.4, -0.2) is 10.5 Å². The van der Waals surface area contributed by atoms with Crippen LogP contribution in [0.4, 0.5) is 11.4 Å². The Bertz CT molecular complexity index is 924. The number of aryl methyl sites for hydroxylation is 2. The van der Waals surface area contributed by atoms with Crippen molar-refractivity contribution in [1.82, 2.24) is 4.57 Å². The number of anilines is 2. The SMILES string of the molecule is Cn1c2c(c3cccc(C(=O)Nc4cccc(N)c4)c31)CCC2. The standard InChI is InChI=1S/C19H19N3O/c1-22-17-10-4-7-14(17)15-8-3-9-16(18(15)22)19(23)21-13-6-2-5-12(20)11-13/h2-3,5-6,8-9,11H,4,7,10,20H2,1H3,(H,21,23). The summed E-state index contributed by atoms with van der Waals surface area (Å²) in [6.07, 6.45) is 3.40. The van der Waals surface area contributed by atoms with Crippen molar-refractivity contribution in [3.63, 3.8) is 0 Å². The van der Waals surface area contributed by atoms with Crippen LogP contribution in [0.25, 0.3) is 10.9 Å². The molecule has 1 heterocycles. The van der Waals surface area contributed by atoms with Crippen LogP contribution in [0.2, 0.25) is 0 Å². The fourth-order valence-electron chi connectivity index (χ4n) is 3.67. The lowest BCUT2D eigenvalue weighted by Crippen LogP contribution is -2.13. The Morgan fingerprint density at radius 3 is 2.83 bits per heavy atom. The van der Waals surface area contributed by atoms with Crippen molar-refractivity contribution in [2.45, 2.75) is 19.3 Å². The van der Waals surface area contributed by atoms with Crippen LogP contribution in [-0.2, 0) is 19.9 Å². The first-order valence-electron chi connectivity index (χ1n) is 7.91. The van der Waals surface area contributed by atoms with Crippen molar-refractivity contribution < 1.29 is 4.79 Å². The predicted molar refractivity (Wildman–Crippen MR) is 93.8 cm³/mol. The summed E-state index contributed by atoms with van der Waals surface area (Å²) < 4.78 is 2.19. The van der Waals surface area contributed by atoms with Crippen LogP contribution in [0.15, 0.2) is 42.5 Å². The molecule has 0 fully saturated rings. The molecule has 0 radical (unpaired) electrons. The summed E-state index contributed by atoms with van der Waals surface area (Å²) in [7, 11) is 2.06. The number of hydrogen-bond acceptors (Lipinski definition) is 2. The first-order chi connectivity index (χ1) is 11.1. The Labute approximate surface area is 134 Å². The van der Waals surface area contributed by atoms with E-state index in [9.17, 15) is 4.79 Å². The number of hydrogen-bond donors (Lipinski definition) is 2. The lowest BCUT2D eigenvalue weighted by Gasteiger charge is -2.09. The van der Waals surface area contributed by atoms with Gasteiger partial charge in [0.1, 0.15) is 0 Å². The molecule has 2 aromatic carbocycles. The fraction of sp³-hybridized carbons (Fsp3) is 0.211. The van der Waals surface area contributed by atoms with Gasteiger partial charge in [-0.3, -0.25) is 4.79 Å². The molecule has 0 unspecified atom stereocenters. The van der Waals surface area contributed by atoms with E-state index in [1.165, 1.54) is 23.1 Å². The van der Waals surface area contributed by atoms with Gasteiger partial charge in [-0.25, -0.2) is 0 Å². The van der Waals surface area contributed by atoms with Crippen molar-refractivity contribution in [1.29, 1.82) is 0 Å². The zero-order valence-electron chi connectivity index (χ0n) is 13.1. The lowest BCUT2D eigenvalue weighted by atomic mass is 10.1. The van der Waals surface area contributed by atoms with Crippen molar-refractivity contribution in [2.75, 3.05) is 11.1 Å². The van der Waals surface area contributed by atoms with Crippen LogP contribution in [0.3, 0.4) is 0 Å². The molecule has 1 aromatic heterocycles. The maximum atomic E-state index is 12.8. The Balaban J connectivity index is 1.78. The van der Waals surface area contributed by atoms with E-state index in [0.717, 1.165) is 18.4 Å². The minimum absolute atomic E-state index is 0.0968. The number of nitrogens with zero attached hydrogens (tertiary/aromatic N) is 1. The number of benzene rings is 2. The molecule has 4 heteroatoms. The second-order valence-corrected chi connectivity index (χ2v) is 6.12. The van der Waals surface area contributed by atoms with E-state index in [4.69, 9.17) is 5.73 Å². The molecule has 0 spiro atoms.